The molecule has 1 atom stereocenters. The van der Waals surface area contributed by atoms with E-state index in [4.69, 9.17) is 5.11 Å². The van der Waals surface area contributed by atoms with Gasteiger partial charge in [0, 0.05) is 12.6 Å². The molecular weight excluding hydrogens is 246 g/mol. The molecule has 1 fully saturated rings. The van der Waals surface area contributed by atoms with Gasteiger partial charge in [0.15, 0.2) is 0 Å². The molecule has 1 aliphatic carbocycles. The molecule has 1 saturated carbocycles. The lowest BCUT2D eigenvalue weighted by atomic mass is 10.1. The average molecular weight is 265 g/mol. The zero-order valence-electron chi connectivity index (χ0n) is 10.3. The second-order valence-electron chi connectivity index (χ2n) is 4.69. The Labute approximate surface area is 113 Å². The van der Waals surface area contributed by atoms with Gasteiger partial charge in [0.2, 0.25) is 5.91 Å². The van der Waals surface area contributed by atoms with Crippen molar-refractivity contribution in [3.8, 4) is 0 Å². The van der Waals surface area contributed by atoms with Crippen LogP contribution < -0.4 is 0 Å². The predicted molar refractivity (Wildman–Crippen MR) is 74.7 cm³/mol. The molecular formula is C14H19NO2S. The Morgan fingerprint density at radius 3 is 2.61 bits per heavy atom. The highest BCUT2D eigenvalue weighted by atomic mass is 32.1. The Balaban J connectivity index is 1.94. The van der Waals surface area contributed by atoms with Crippen molar-refractivity contribution in [2.45, 2.75) is 30.6 Å². The number of amides is 1. The summed E-state index contributed by atoms with van der Waals surface area (Å²) < 4.78 is 0. The number of carbonyl (C=O) groups is 1. The van der Waals surface area contributed by atoms with E-state index in [-0.39, 0.29) is 17.8 Å². The van der Waals surface area contributed by atoms with Crippen molar-refractivity contribution < 1.29 is 9.90 Å². The third kappa shape index (κ3) is 3.50. The Morgan fingerprint density at radius 1 is 1.39 bits per heavy atom. The van der Waals surface area contributed by atoms with E-state index in [1.165, 1.54) is 0 Å². The van der Waals surface area contributed by atoms with E-state index in [0.29, 0.717) is 19.0 Å². The lowest BCUT2D eigenvalue weighted by Crippen LogP contribution is -2.41. The molecule has 98 valence electrons. The summed E-state index contributed by atoms with van der Waals surface area (Å²) in [5.74, 6) is 0.0405. The van der Waals surface area contributed by atoms with Crippen LogP contribution in [0.4, 0.5) is 0 Å². The molecule has 0 aromatic heterocycles. The zero-order chi connectivity index (χ0) is 13.0. The third-order valence-electron chi connectivity index (χ3n) is 3.17. The van der Waals surface area contributed by atoms with Gasteiger partial charge in [-0.25, -0.2) is 0 Å². The molecule has 18 heavy (non-hydrogen) atoms. The normalized spacial score (nSPS) is 16.3. The molecule has 3 nitrogen and oxygen atoms in total. The van der Waals surface area contributed by atoms with Crippen molar-refractivity contribution in [3.63, 3.8) is 0 Å². The lowest BCUT2D eigenvalue weighted by Gasteiger charge is -2.24. The summed E-state index contributed by atoms with van der Waals surface area (Å²) in [5, 5.41) is 8.70. The smallest absolute Gasteiger partial charge is 0.236 e. The maximum Gasteiger partial charge on any atom is 0.236 e. The van der Waals surface area contributed by atoms with Gasteiger partial charge in [-0.05, 0) is 24.8 Å². The number of benzene rings is 1. The number of carbonyl (C=O) groups excluding carboxylic acids is 1. The third-order valence-corrected chi connectivity index (χ3v) is 3.57. The molecule has 0 heterocycles. The van der Waals surface area contributed by atoms with E-state index in [9.17, 15) is 4.79 Å². The quantitative estimate of drug-likeness (QED) is 0.766. The summed E-state index contributed by atoms with van der Waals surface area (Å²) in [6, 6.07) is 10.2. The van der Waals surface area contributed by atoms with Crippen LogP contribution in [0.15, 0.2) is 30.3 Å². The SMILES string of the molecule is O=C(C(S)Cc1ccccc1)N(CCO)C1CC1. The molecule has 0 spiro atoms. The van der Waals surface area contributed by atoms with Crippen LogP contribution in [0, 0.1) is 0 Å². The highest BCUT2D eigenvalue weighted by Gasteiger charge is 2.34. The minimum Gasteiger partial charge on any atom is -0.395 e. The Kier molecular flexibility index (Phi) is 4.66. The molecule has 1 amide bonds. The van der Waals surface area contributed by atoms with Crippen LogP contribution in [0.1, 0.15) is 18.4 Å². The van der Waals surface area contributed by atoms with E-state index in [0.717, 1.165) is 18.4 Å². The van der Waals surface area contributed by atoms with Crippen LogP contribution in [0.5, 0.6) is 0 Å². The first-order chi connectivity index (χ1) is 8.72. The van der Waals surface area contributed by atoms with Gasteiger partial charge in [-0.3, -0.25) is 4.79 Å². The van der Waals surface area contributed by atoms with Crippen molar-refractivity contribution in [1.82, 2.24) is 4.90 Å². The van der Waals surface area contributed by atoms with E-state index in [1.54, 1.807) is 4.90 Å². The molecule has 4 heteroatoms. The monoisotopic (exact) mass is 265 g/mol. The van der Waals surface area contributed by atoms with Gasteiger partial charge in [0.1, 0.15) is 0 Å². The number of rotatable bonds is 6. The zero-order valence-corrected chi connectivity index (χ0v) is 11.2. The van der Waals surface area contributed by atoms with Crippen LogP contribution in [0.2, 0.25) is 0 Å². The van der Waals surface area contributed by atoms with Crippen LogP contribution in [0.3, 0.4) is 0 Å². The minimum absolute atomic E-state index is 0.0219. The molecule has 1 unspecified atom stereocenters. The van der Waals surface area contributed by atoms with E-state index in [2.05, 4.69) is 12.6 Å². The average Bonchev–Trinajstić information content (AvgIpc) is 3.20. The van der Waals surface area contributed by atoms with Gasteiger partial charge in [-0.1, -0.05) is 30.3 Å². The molecule has 2 rings (SSSR count). The van der Waals surface area contributed by atoms with Crippen LogP contribution in [0.25, 0.3) is 0 Å². The molecule has 1 N–H and O–H groups in total. The number of aliphatic hydroxyl groups excluding tert-OH is 1. The molecule has 1 aromatic rings. The molecule has 0 bridgehead atoms. The standard InChI is InChI=1S/C14H19NO2S/c16-9-8-15(12-6-7-12)14(17)13(18)10-11-4-2-1-3-5-11/h1-5,12-13,16,18H,6-10H2. The Morgan fingerprint density at radius 2 is 2.06 bits per heavy atom. The fraction of sp³-hybridized carbons (Fsp3) is 0.500. The van der Waals surface area contributed by atoms with Crippen LogP contribution >= 0.6 is 12.6 Å². The predicted octanol–water partition coefficient (Wildman–Crippen LogP) is 1.51. The first-order valence-electron chi connectivity index (χ1n) is 6.35. The van der Waals surface area contributed by atoms with Gasteiger partial charge >= 0.3 is 0 Å². The summed E-state index contributed by atoms with van der Waals surface area (Å²) in [5.41, 5.74) is 1.12. The first kappa shape index (κ1) is 13.4. The second kappa shape index (κ2) is 6.25. The molecule has 0 aliphatic heterocycles. The summed E-state index contributed by atoms with van der Waals surface area (Å²) >= 11 is 4.42. The van der Waals surface area contributed by atoms with Crippen LogP contribution in [-0.4, -0.2) is 40.4 Å². The van der Waals surface area contributed by atoms with Gasteiger partial charge in [-0.15, -0.1) is 0 Å². The second-order valence-corrected chi connectivity index (χ2v) is 5.32. The van der Waals surface area contributed by atoms with Crippen molar-refractivity contribution in [3.05, 3.63) is 35.9 Å². The maximum atomic E-state index is 12.3. The number of thiol groups is 1. The summed E-state index contributed by atoms with van der Waals surface area (Å²) in [4.78, 5) is 14.0. The lowest BCUT2D eigenvalue weighted by molar-refractivity contribution is -0.131. The van der Waals surface area contributed by atoms with Crippen molar-refractivity contribution >= 4 is 18.5 Å². The van der Waals surface area contributed by atoms with Gasteiger partial charge in [-0.2, -0.15) is 12.6 Å². The van der Waals surface area contributed by atoms with E-state index < -0.39 is 0 Å². The minimum atomic E-state index is -0.320. The highest BCUT2D eigenvalue weighted by Crippen LogP contribution is 2.28. The maximum absolute atomic E-state index is 12.3. The number of nitrogens with zero attached hydrogens (tertiary/aromatic N) is 1. The fourth-order valence-electron chi connectivity index (χ4n) is 2.08. The summed E-state index contributed by atoms with van der Waals surface area (Å²) in [6.07, 6.45) is 2.74. The largest absolute Gasteiger partial charge is 0.395 e. The fourth-order valence-corrected chi connectivity index (χ4v) is 2.44. The van der Waals surface area contributed by atoms with Gasteiger partial charge < -0.3 is 10.0 Å². The van der Waals surface area contributed by atoms with Crippen molar-refractivity contribution in [1.29, 1.82) is 0 Å². The van der Waals surface area contributed by atoms with E-state index >= 15 is 0 Å². The number of hydrogen-bond acceptors (Lipinski definition) is 3. The Hall–Kier alpha value is -1.00. The molecule has 0 radical (unpaired) electrons. The first-order valence-corrected chi connectivity index (χ1v) is 6.87. The summed E-state index contributed by atoms with van der Waals surface area (Å²) in [7, 11) is 0. The van der Waals surface area contributed by atoms with E-state index in [1.807, 2.05) is 30.3 Å². The number of aliphatic hydroxyl groups is 1. The molecule has 1 aromatic carbocycles. The molecule has 0 saturated heterocycles. The topological polar surface area (TPSA) is 40.5 Å². The van der Waals surface area contributed by atoms with Gasteiger partial charge in [0.25, 0.3) is 0 Å². The highest BCUT2D eigenvalue weighted by molar-refractivity contribution is 7.81. The Bertz CT molecular complexity index is 392. The number of hydrogen-bond donors (Lipinski definition) is 2. The summed E-state index contributed by atoms with van der Waals surface area (Å²) in [6.45, 7) is 0.448. The van der Waals surface area contributed by atoms with Gasteiger partial charge in [0.05, 0.1) is 11.9 Å². The van der Waals surface area contributed by atoms with Crippen LogP contribution in [-0.2, 0) is 11.2 Å². The van der Waals surface area contributed by atoms with Crippen molar-refractivity contribution in [2.24, 2.45) is 0 Å². The molecule has 1 aliphatic rings. The van der Waals surface area contributed by atoms with Crippen molar-refractivity contribution in [2.75, 3.05) is 13.2 Å².